The van der Waals surface area contributed by atoms with Crippen LogP contribution in [0.4, 0.5) is 5.69 Å². The number of anilines is 1. The smallest absolute Gasteiger partial charge is 0.253 e. The Morgan fingerprint density at radius 2 is 2.19 bits per heavy atom. The van der Waals surface area contributed by atoms with E-state index in [-0.39, 0.29) is 12.5 Å². The number of hydrogen-bond donors (Lipinski definition) is 3. The van der Waals surface area contributed by atoms with Crippen molar-refractivity contribution in [3.05, 3.63) is 29.3 Å². The van der Waals surface area contributed by atoms with Crippen LogP contribution in [0.15, 0.2) is 18.2 Å². The van der Waals surface area contributed by atoms with E-state index in [2.05, 4.69) is 5.43 Å². The fourth-order valence-electron chi connectivity index (χ4n) is 1.46. The maximum absolute atomic E-state index is 11.9. The number of nitrogens with one attached hydrogen (secondary N) is 1. The van der Waals surface area contributed by atoms with Crippen LogP contribution in [0.1, 0.15) is 15.9 Å². The van der Waals surface area contributed by atoms with Gasteiger partial charge in [-0.25, -0.2) is 0 Å². The van der Waals surface area contributed by atoms with E-state index in [0.29, 0.717) is 17.8 Å². The Bertz CT molecular complexity index is 379. The van der Waals surface area contributed by atoms with E-state index in [1.54, 1.807) is 19.2 Å². The highest BCUT2D eigenvalue weighted by atomic mass is 16.3. The predicted molar refractivity (Wildman–Crippen MR) is 63.0 cm³/mol. The molecule has 5 nitrogen and oxygen atoms in total. The number of hydrazine groups is 1. The lowest BCUT2D eigenvalue weighted by Gasteiger charge is -2.16. The molecule has 0 aliphatic heterocycles. The molecule has 1 aromatic carbocycles. The molecule has 0 unspecified atom stereocenters. The Hall–Kier alpha value is -1.59. The minimum Gasteiger partial charge on any atom is -0.395 e. The van der Waals surface area contributed by atoms with Crippen LogP contribution in [-0.2, 0) is 0 Å². The highest BCUT2D eigenvalue weighted by Crippen LogP contribution is 2.14. The van der Waals surface area contributed by atoms with Gasteiger partial charge in [-0.15, -0.1) is 0 Å². The van der Waals surface area contributed by atoms with Crippen LogP contribution in [0.3, 0.4) is 0 Å². The zero-order chi connectivity index (χ0) is 12.1. The molecular weight excluding hydrogens is 206 g/mol. The SMILES string of the molecule is Cc1cc(NN)cc(C(=O)N(C)CCO)c1. The molecule has 0 fully saturated rings. The molecule has 5 heteroatoms. The highest BCUT2D eigenvalue weighted by Gasteiger charge is 2.11. The molecule has 0 heterocycles. The maximum Gasteiger partial charge on any atom is 0.253 e. The van der Waals surface area contributed by atoms with Crippen molar-refractivity contribution in [3.8, 4) is 0 Å². The lowest BCUT2D eigenvalue weighted by Crippen LogP contribution is -2.29. The van der Waals surface area contributed by atoms with E-state index in [1.807, 2.05) is 13.0 Å². The second kappa shape index (κ2) is 5.48. The largest absolute Gasteiger partial charge is 0.395 e. The zero-order valence-corrected chi connectivity index (χ0v) is 9.53. The molecule has 16 heavy (non-hydrogen) atoms. The number of amides is 1. The third-order valence-electron chi connectivity index (χ3n) is 2.27. The molecule has 4 N–H and O–H groups in total. The zero-order valence-electron chi connectivity index (χ0n) is 9.53. The number of rotatable bonds is 4. The molecule has 0 aliphatic rings. The summed E-state index contributed by atoms with van der Waals surface area (Å²) in [6, 6.07) is 5.32. The number of aliphatic hydroxyl groups excluding tert-OH is 1. The topological polar surface area (TPSA) is 78.6 Å². The van der Waals surface area contributed by atoms with Gasteiger partial charge >= 0.3 is 0 Å². The van der Waals surface area contributed by atoms with Crippen molar-refractivity contribution in [3.63, 3.8) is 0 Å². The third kappa shape index (κ3) is 2.95. The van der Waals surface area contributed by atoms with Gasteiger partial charge in [0.2, 0.25) is 0 Å². The lowest BCUT2D eigenvalue weighted by atomic mass is 10.1. The van der Waals surface area contributed by atoms with Gasteiger partial charge in [-0.05, 0) is 30.7 Å². The maximum atomic E-state index is 11.9. The molecular formula is C11H17N3O2. The Morgan fingerprint density at radius 3 is 2.75 bits per heavy atom. The number of nitrogens with zero attached hydrogens (tertiary/aromatic N) is 1. The number of hydrogen-bond acceptors (Lipinski definition) is 4. The molecule has 0 radical (unpaired) electrons. The van der Waals surface area contributed by atoms with Crippen molar-refractivity contribution in [2.24, 2.45) is 5.84 Å². The summed E-state index contributed by atoms with van der Waals surface area (Å²) < 4.78 is 0. The average Bonchev–Trinajstić information content (AvgIpc) is 2.27. The first kappa shape index (κ1) is 12.5. The van der Waals surface area contributed by atoms with Crippen molar-refractivity contribution in [2.45, 2.75) is 6.92 Å². The van der Waals surface area contributed by atoms with Crippen molar-refractivity contribution in [2.75, 3.05) is 25.6 Å². The summed E-state index contributed by atoms with van der Waals surface area (Å²) in [4.78, 5) is 13.4. The van der Waals surface area contributed by atoms with E-state index in [9.17, 15) is 4.79 Å². The van der Waals surface area contributed by atoms with Crippen LogP contribution in [0.2, 0.25) is 0 Å². The van der Waals surface area contributed by atoms with Gasteiger partial charge in [0.25, 0.3) is 5.91 Å². The van der Waals surface area contributed by atoms with Gasteiger partial charge < -0.3 is 15.4 Å². The quantitative estimate of drug-likeness (QED) is 0.508. The van der Waals surface area contributed by atoms with Crippen LogP contribution >= 0.6 is 0 Å². The standard InChI is InChI=1S/C11H17N3O2/c1-8-5-9(7-10(6-8)13-12)11(16)14(2)3-4-15/h5-7,13,15H,3-4,12H2,1-2H3. The lowest BCUT2D eigenvalue weighted by molar-refractivity contribution is 0.0767. The third-order valence-corrected chi connectivity index (χ3v) is 2.27. The van der Waals surface area contributed by atoms with Crippen LogP contribution in [-0.4, -0.2) is 36.1 Å². The van der Waals surface area contributed by atoms with Crippen LogP contribution in [0.5, 0.6) is 0 Å². The molecule has 0 atom stereocenters. The summed E-state index contributed by atoms with van der Waals surface area (Å²) in [5.41, 5.74) is 4.72. The van der Waals surface area contributed by atoms with Crippen LogP contribution in [0.25, 0.3) is 0 Å². The van der Waals surface area contributed by atoms with E-state index in [1.165, 1.54) is 4.90 Å². The number of aryl methyl sites for hydroxylation is 1. The van der Waals surface area contributed by atoms with Gasteiger partial charge in [-0.1, -0.05) is 0 Å². The molecule has 0 saturated carbocycles. The van der Waals surface area contributed by atoms with Gasteiger partial charge in [0, 0.05) is 24.8 Å². The monoisotopic (exact) mass is 223 g/mol. The van der Waals surface area contributed by atoms with Crippen molar-refractivity contribution < 1.29 is 9.90 Å². The normalized spacial score (nSPS) is 10.0. The summed E-state index contributed by atoms with van der Waals surface area (Å²) in [5, 5.41) is 8.76. The summed E-state index contributed by atoms with van der Waals surface area (Å²) in [6.45, 7) is 2.16. The Labute approximate surface area is 94.8 Å². The van der Waals surface area contributed by atoms with Gasteiger partial charge in [-0.2, -0.15) is 0 Å². The van der Waals surface area contributed by atoms with E-state index >= 15 is 0 Å². The molecule has 1 aromatic rings. The fourth-order valence-corrected chi connectivity index (χ4v) is 1.46. The minimum absolute atomic E-state index is 0.0456. The first-order chi connectivity index (χ1) is 7.58. The van der Waals surface area contributed by atoms with Gasteiger partial charge in [-0.3, -0.25) is 10.6 Å². The van der Waals surface area contributed by atoms with Gasteiger partial charge in [0.05, 0.1) is 6.61 Å². The minimum atomic E-state index is -0.130. The number of nitrogens with two attached hydrogens (primary N) is 1. The first-order valence-corrected chi connectivity index (χ1v) is 5.03. The molecule has 0 bridgehead atoms. The molecule has 0 aliphatic carbocycles. The van der Waals surface area contributed by atoms with E-state index in [0.717, 1.165) is 5.56 Å². The molecule has 0 spiro atoms. The Kier molecular flexibility index (Phi) is 4.28. The molecule has 0 saturated heterocycles. The van der Waals surface area contributed by atoms with E-state index in [4.69, 9.17) is 10.9 Å². The average molecular weight is 223 g/mol. The summed E-state index contributed by atoms with van der Waals surface area (Å²) >= 11 is 0. The number of benzene rings is 1. The molecule has 0 aromatic heterocycles. The second-order valence-electron chi connectivity index (χ2n) is 3.68. The van der Waals surface area contributed by atoms with E-state index < -0.39 is 0 Å². The Balaban J connectivity index is 2.94. The number of likely N-dealkylation sites (N-methyl/N-ethyl adjacent to an activating group) is 1. The number of carbonyl (C=O) groups excluding carboxylic acids is 1. The second-order valence-corrected chi connectivity index (χ2v) is 3.68. The first-order valence-electron chi connectivity index (χ1n) is 5.03. The van der Waals surface area contributed by atoms with Crippen molar-refractivity contribution >= 4 is 11.6 Å². The molecule has 1 rings (SSSR count). The number of aliphatic hydroxyl groups is 1. The predicted octanol–water partition coefficient (Wildman–Crippen LogP) is 0.345. The number of carbonyl (C=O) groups is 1. The van der Waals surface area contributed by atoms with Crippen molar-refractivity contribution in [1.82, 2.24) is 4.90 Å². The summed E-state index contributed by atoms with van der Waals surface area (Å²) in [7, 11) is 1.65. The molecule has 88 valence electrons. The summed E-state index contributed by atoms with van der Waals surface area (Å²) in [6.07, 6.45) is 0. The molecule has 1 amide bonds. The van der Waals surface area contributed by atoms with Crippen molar-refractivity contribution in [1.29, 1.82) is 0 Å². The van der Waals surface area contributed by atoms with Crippen LogP contribution < -0.4 is 11.3 Å². The van der Waals surface area contributed by atoms with Gasteiger partial charge in [0.1, 0.15) is 0 Å². The number of nitrogen functional groups attached to an aromatic ring is 1. The Morgan fingerprint density at radius 1 is 1.50 bits per heavy atom. The summed E-state index contributed by atoms with van der Waals surface area (Å²) in [5.74, 6) is 5.18. The van der Waals surface area contributed by atoms with Crippen LogP contribution in [0, 0.1) is 6.92 Å². The highest BCUT2D eigenvalue weighted by molar-refractivity contribution is 5.95. The van der Waals surface area contributed by atoms with Gasteiger partial charge in [0.15, 0.2) is 0 Å². The fraction of sp³-hybridized carbons (Fsp3) is 0.364.